The Labute approximate surface area is 133 Å². The van der Waals surface area contributed by atoms with E-state index in [0.717, 1.165) is 6.20 Å². The van der Waals surface area contributed by atoms with Crippen molar-refractivity contribution in [2.45, 2.75) is 0 Å². The van der Waals surface area contributed by atoms with E-state index in [-0.39, 0.29) is 27.0 Å². The SMILES string of the molecule is O=C(O)c1cn(-c2ncccc2Cl)c2nc(Cl)ccc2c1=O. The number of carboxylic acid groups (broad SMARTS) is 1. The number of hydrogen-bond donors (Lipinski definition) is 1. The zero-order valence-electron chi connectivity index (χ0n) is 10.8. The fraction of sp³-hybridized carbons (Fsp3) is 0. The number of rotatable bonds is 2. The second kappa shape index (κ2) is 5.40. The summed E-state index contributed by atoms with van der Waals surface area (Å²) in [6, 6.07) is 6.07. The molecule has 3 rings (SSSR count). The van der Waals surface area contributed by atoms with Crippen molar-refractivity contribution in [2.24, 2.45) is 0 Å². The molecule has 22 heavy (non-hydrogen) atoms. The monoisotopic (exact) mass is 335 g/mol. The summed E-state index contributed by atoms with van der Waals surface area (Å²) in [5.74, 6) is -1.09. The fourth-order valence-electron chi connectivity index (χ4n) is 2.05. The largest absolute Gasteiger partial charge is 0.477 e. The van der Waals surface area contributed by atoms with Crippen molar-refractivity contribution in [1.29, 1.82) is 0 Å². The van der Waals surface area contributed by atoms with Crippen LogP contribution in [-0.4, -0.2) is 25.6 Å². The van der Waals surface area contributed by atoms with Crippen LogP contribution in [-0.2, 0) is 0 Å². The summed E-state index contributed by atoms with van der Waals surface area (Å²) in [6.07, 6.45) is 2.64. The summed E-state index contributed by atoms with van der Waals surface area (Å²) < 4.78 is 1.34. The summed E-state index contributed by atoms with van der Waals surface area (Å²) in [4.78, 5) is 31.7. The predicted molar refractivity (Wildman–Crippen MR) is 82.1 cm³/mol. The number of aromatic nitrogens is 3. The highest BCUT2D eigenvalue weighted by molar-refractivity contribution is 6.32. The molecule has 0 aliphatic heterocycles. The Morgan fingerprint density at radius 3 is 2.68 bits per heavy atom. The van der Waals surface area contributed by atoms with E-state index in [0.29, 0.717) is 0 Å². The predicted octanol–water partition coefficient (Wildman–Crippen LogP) is 2.79. The number of hydrogen-bond acceptors (Lipinski definition) is 4. The van der Waals surface area contributed by atoms with Gasteiger partial charge in [-0.05, 0) is 24.3 Å². The molecule has 6 nitrogen and oxygen atoms in total. The van der Waals surface area contributed by atoms with Crippen molar-refractivity contribution < 1.29 is 9.90 Å². The Morgan fingerprint density at radius 1 is 1.23 bits per heavy atom. The number of pyridine rings is 3. The molecule has 3 aromatic heterocycles. The van der Waals surface area contributed by atoms with Crippen molar-refractivity contribution in [1.82, 2.24) is 14.5 Å². The Morgan fingerprint density at radius 2 is 2.00 bits per heavy atom. The number of nitrogens with zero attached hydrogens (tertiary/aromatic N) is 3. The third-order valence-electron chi connectivity index (χ3n) is 3.01. The van der Waals surface area contributed by atoms with Crippen LogP contribution in [0.5, 0.6) is 0 Å². The zero-order valence-corrected chi connectivity index (χ0v) is 12.3. The maximum absolute atomic E-state index is 12.2. The molecule has 0 radical (unpaired) electrons. The van der Waals surface area contributed by atoms with Crippen molar-refractivity contribution in [3.63, 3.8) is 0 Å². The van der Waals surface area contributed by atoms with E-state index in [1.807, 2.05) is 0 Å². The Hall–Kier alpha value is -2.44. The average molecular weight is 336 g/mol. The summed E-state index contributed by atoms with van der Waals surface area (Å²) in [7, 11) is 0. The average Bonchev–Trinajstić information content (AvgIpc) is 2.48. The third-order valence-corrected chi connectivity index (χ3v) is 3.52. The van der Waals surface area contributed by atoms with Crippen LogP contribution >= 0.6 is 23.2 Å². The van der Waals surface area contributed by atoms with E-state index in [1.165, 1.54) is 22.9 Å². The topological polar surface area (TPSA) is 85.1 Å². The van der Waals surface area contributed by atoms with Crippen molar-refractivity contribution in [2.75, 3.05) is 0 Å². The molecule has 8 heteroatoms. The van der Waals surface area contributed by atoms with Crippen LogP contribution in [0.4, 0.5) is 0 Å². The maximum Gasteiger partial charge on any atom is 0.341 e. The molecule has 3 aromatic rings. The molecule has 0 aliphatic rings. The van der Waals surface area contributed by atoms with E-state index in [4.69, 9.17) is 23.2 Å². The van der Waals surface area contributed by atoms with Crippen LogP contribution in [0.25, 0.3) is 16.9 Å². The molecule has 0 fully saturated rings. The van der Waals surface area contributed by atoms with Gasteiger partial charge < -0.3 is 5.11 Å². The first-order chi connectivity index (χ1) is 10.5. The second-order valence-electron chi connectivity index (χ2n) is 4.36. The molecule has 0 unspecified atom stereocenters. The molecule has 0 atom stereocenters. The highest BCUT2D eigenvalue weighted by Crippen LogP contribution is 2.22. The van der Waals surface area contributed by atoms with Gasteiger partial charge in [0.05, 0.1) is 10.4 Å². The van der Waals surface area contributed by atoms with Gasteiger partial charge in [-0.2, -0.15) is 0 Å². The first kappa shape index (κ1) is 14.5. The van der Waals surface area contributed by atoms with Gasteiger partial charge in [0.2, 0.25) is 5.43 Å². The van der Waals surface area contributed by atoms with Crippen LogP contribution in [0.2, 0.25) is 10.2 Å². The lowest BCUT2D eigenvalue weighted by atomic mass is 10.2. The maximum atomic E-state index is 12.2. The molecule has 0 amide bonds. The highest BCUT2D eigenvalue weighted by atomic mass is 35.5. The van der Waals surface area contributed by atoms with Gasteiger partial charge in [-0.3, -0.25) is 9.36 Å². The van der Waals surface area contributed by atoms with Gasteiger partial charge in [0.25, 0.3) is 0 Å². The van der Waals surface area contributed by atoms with Gasteiger partial charge in [-0.15, -0.1) is 0 Å². The normalized spacial score (nSPS) is 10.8. The lowest BCUT2D eigenvalue weighted by molar-refractivity contribution is 0.0695. The minimum absolute atomic E-state index is 0.117. The van der Waals surface area contributed by atoms with E-state index >= 15 is 0 Å². The molecular weight excluding hydrogens is 329 g/mol. The van der Waals surface area contributed by atoms with Gasteiger partial charge in [-0.25, -0.2) is 14.8 Å². The van der Waals surface area contributed by atoms with E-state index in [2.05, 4.69) is 9.97 Å². The van der Waals surface area contributed by atoms with E-state index in [9.17, 15) is 14.7 Å². The standard InChI is InChI=1S/C14H7Cl2N3O3/c15-9-2-1-5-17-13(9)19-6-8(14(21)22)11(20)7-3-4-10(16)18-12(7)19/h1-6H,(H,21,22). The van der Waals surface area contributed by atoms with Gasteiger partial charge in [0, 0.05) is 12.4 Å². The summed E-state index contributed by atoms with van der Waals surface area (Å²) in [5.41, 5.74) is -0.864. The van der Waals surface area contributed by atoms with E-state index in [1.54, 1.807) is 12.1 Å². The van der Waals surface area contributed by atoms with Crippen LogP contribution in [0.3, 0.4) is 0 Å². The molecule has 0 saturated heterocycles. The van der Waals surface area contributed by atoms with Gasteiger partial charge >= 0.3 is 5.97 Å². The Kier molecular flexibility index (Phi) is 3.56. The minimum Gasteiger partial charge on any atom is -0.477 e. The van der Waals surface area contributed by atoms with Crippen molar-refractivity contribution in [3.05, 3.63) is 62.6 Å². The second-order valence-corrected chi connectivity index (χ2v) is 5.16. The third kappa shape index (κ3) is 2.32. The molecule has 0 aromatic carbocycles. The molecule has 0 bridgehead atoms. The van der Waals surface area contributed by atoms with E-state index < -0.39 is 17.0 Å². The highest BCUT2D eigenvalue weighted by Gasteiger charge is 2.18. The smallest absolute Gasteiger partial charge is 0.341 e. The van der Waals surface area contributed by atoms with Crippen molar-refractivity contribution >= 4 is 40.2 Å². The minimum atomic E-state index is -1.34. The number of carboxylic acids is 1. The lowest BCUT2D eigenvalue weighted by Gasteiger charge is -2.11. The van der Waals surface area contributed by atoms with Gasteiger partial charge in [0.15, 0.2) is 11.5 Å². The van der Waals surface area contributed by atoms with Crippen LogP contribution < -0.4 is 5.43 Å². The van der Waals surface area contributed by atoms with Crippen molar-refractivity contribution in [3.8, 4) is 5.82 Å². The molecule has 3 heterocycles. The molecular formula is C14H7Cl2N3O3. The first-order valence-electron chi connectivity index (χ1n) is 6.05. The molecule has 0 spiro atoms. The van der Waals surface area contributed by atoms with Gasteiger partial charge in [-0.1, -0.05) is 23.2 Å². The number of carbonyl (C=O) groups is 1. The number of aromatic carboxylic acids is 1. The molecule has 0 saturated carbocycles. The zero-order chi connectivity index (χ0) is 15.9. The molecule has 1 N–H and O–H groups in total. The summed E-state index contributed by atoms with van der Waals surface area (Å²) in [5, 5.41) is 9.77. The number of halogens is 2. The van der Waals surface area contributed by atoms with Crippen LogP contribution in [0, 0.1) is 0 Å². The Bertz CT molecular complexity index is 969. The molecule has 110 valence electrons. The van der Waals surface area contributed by atoms with Crippen LogP contribution in [0.15, 0.2) is 41.5 Å². The first-order valence-corrected chi connectivity index (χ1v) is 6.80. The quantitative estimate of drug-likeness (QED) is 0.728. The fourth-order valence-corrected chi connectivity index (χ4v) is 2.40. The lowest BCUT2D eigenvalue weighted by Crippen LogP contribution is -2.19. The Balaban J connectivity index is 2.50. The summed E-state index contributed by atoms with van der Waals surface area (Å²) >= 11 is 12.0. The van der Waals surface area contributed by atoms with Crippen LogP contribution in [0.1, 0.15) is 10.4 Å². The number of fused-ring (bicyclic) bond motifs is 1. The summed E-state index contributed by atoms with van der Waals surface area (Å²) in [6.45, 7) is 0. The molecule has 0 aliphatic carbocycles. The van der Waals surface area contributed by atoms with Gasteiger partial charge in [0.1, 0.15) is 10.7 Å².